The van der Waals surface area contributed by atoms with Gasteiger partial charge in [0.1, 0.15) is 11.6 Å². The first-order valence-electron chi connectivity index (χ1n) is 7.54. The fourth-order valence-electron chi connectivity index (χ4n) is 3.11. The maximum atomic E-state index is 5.35. The molecule has 0 radical (unpaired) electrons. The Balaban J connectivity index is 1.92. The average Bonchev–Trinajstić information content (AvgIpc) is 2.55. The highest BCUT2D eigenvalue weighted by atomic mass is 32.2. The van der Waals surface area contributed by atoms with E-state index in [-0.39, 0.29) is 0 Å². The molecule has 1 saturated carbocycles. The second-order valence-corrected chi connectivity index (χ2v) is 6.63. The number of hydrogen-bond donors (Lipinski definition) is 1. The Labute approximate surface area is 130 Å². The van der Waals surface area contributed by atoms with Gasteiger partial charge in [0.2, 0.25) is 0 Å². The third-order valence-corrected chi connectivity index (χ3v) is 5.47. The molecule has 3 rings (SSSR count). The summed E-state index contributed by atoms with van der Waals surface area (Å²) in [5, 5.41) is 6.71. The highest BCUT2D eigenvalue weighted by molar-refractivity contribution is 7.99. The zero-order valence-electron chi connectivity index (χ0n) is 12.6. The summed E-state index contributed by atoms with van der Waals surface area (Å²) in [7, 11) is 1.70. The van der Waals surface area contributed by atoms with E-state index in [9.17, 15) is 0 Å². The molecule has 0 amide bonds. The summed E-state index contributed by atoms with van der Waals surface area (Å²) in [4.78, 5) is 4.57. The smallest absolute Gasteiger partial charge is 0.134 e. The minimum Gasteiger partial charge on any atom is -0.497 e. The van der Waals surface area contributed by atoms with E-state index >= 15 is 0 Å². The van der Waals surface area contributed by atoms with Crippen molar-refractivity contribution in [1.82, 2.24) is 4.98 Å². The quantitative estimate of drug-likeness (QED) is 0.911. The van der Waals surface area contributed by atoms with E-state index in [0.717, 1.165) is 17.0 Å². The summed E-state index contributed by atoms with van der Waals surface area (Å²) in [6.45, 7) is 0. The maximum Gasteiger partial charge on any atom is 0.134 e. The predicted molar refractivity (Wildman–Crippen MR) is 91.5 cm³/mol. The van der Waals surface area contributed by atoms with Gasteiger partial charge in [-0.05, 0) is 42.7 Å². The number of aromatic nitrogens is 1. The minimum absolute atomic E-state index is 0.512. The highest BCUT2D eigenvalue weighted by Crippen LogP contribution is 2.32. The second-order valence-electron chi connectivity index (χ2n) is 5.56. The Morgan fingerprint density at radius 2 is 2.10 bits per heavy atom. The number of pyridine rings is 1. The topological polar surface area (TPSA) is 34.1 Å². The first kappa shape index (κ1) is 14.5. The van der Waals surface area contributed by atoms with Crippen LogP contribution in [0.4, 0.5) is 5.82 Å². The lowest BCUT2D eigenvalue weighted by Gasteiger charge is -2.31. The van der Waals surface area contributed by atoms with Crippen LogP contribution < -0.4 is 10.1 Å². The van der Waals surface area contributed by atoms with Gasteiger partial charge >= 0.3 is 0 Å². The van der Waals surface area contributed by atoms with E-state index < -0.39 is 0 Å². The summed E-state index contributed by atoms with van der Waals surface area (Å²) in [5.74, 6) is 1.86. The van der Waals surface area contributed by atoms with Gasteiger partial charge in [-0.2, -0.15) is 11.8 Å². The Morgan fingerprint density at radius 1 is 1.24 bits per heavy atom. The Bertz CT molecular complexity index is 617. The van der Waals surface area contributed by atoms with Gasteiger partial charge in [-0.3, -0.25) is 0 Å². The highest BCUT2D eigenvalue weighted by Gasteiger charge is 2.24. The van der Waals surface area contributed by atoms with E-state index in [1.165, 1.54) is 31.1 Å². The predicted octanol–water partition coefficient (Wildman–Crippen LogP) is 4.33. The number of fused-ring (bicyclic) bond motifs is 1. The molecule has 1 aromatic carbocycles. The van der Waals surface area contributed by atoms with Crippen molar-refractivity contribution < 1.29 is 4.74 Å². The van der Waals surface area contributed by atoms with Crippen LogP contribution in [-0.2, 0) is 0 Å². The molecular weight excluding hydrogens is 280 g/mol. The van der Waals surface area contributed by atoms with Gasteiger partial charge < -0.3 is 10.1 Å². The second kappa shape index (κ2) is 6.56. The fourth-order valence-corrected chi connectivity index (χ4v) is 4.04. The largest absolute Gasteiger partial charge is 0.497 e. The summed E-state index contributed by atoms with van der Waals surface area (Å²) >= 11 is 1.97. The summed E-state index contributed by atoms with van der Waals surface area (Å²) in [6.07, 6.45) is 9.28. The van der Waals surface area contributed by atoms with Crippen LogP contribution in [0.3, 0.4) is 0 Å². The Kier molecular flexibility index (Phi) is 4.54. The molecule has 0 spiro atoms. The van der Waals surface area contributed by atoms with Crippen molar-refractivity contribution in [2.45, 2.75) is 37.0 Å². The number of ether oxygens (including phenoxy) is 1. The molecule has 2 aromatic rings. The van der Waals surface area contributed by atoms with Gasteiger partial charge in [-0.25, -0.2) is 4.98 Å². The molecule has 1 aliphatic carbocycles. The van der Waals surface area contributed by atoms with Crippen molar-refractivity contribution in [1.29, 1.82) is 0 Å². The maximum absolute atomic E-state index is 5.35. The van der Waals surface area contributed by atoms with E-state index in [4.69, 9.17) is 4.74 Å². The first-order valence-corrected chi connectivity index (χ1v) is 8.82. The summed E-state index contributed by atoms with van der Waals surface area (Å²) in [5.41, 5.74) is 0. The van der Waals surface area contributed by atoms with Gasteiger partial charge in [0.15, 0.2) is 0 Å². The van der Waals surface area contributed by atoms with Crippen LogP contribution in [0.25, 0.3) is 10.8 Å². The van der Waals surface area contributed by atoms with Crippen molar-refractivity contribution in [3.05, 3.63) is 30.5 Å². The normalized spacial score (nSPS) is 22.2. The van der Waals surface area contributed by atoms with Gasteiger partial charge in [0, 0.05) is 22.9 Å². The van der Waals surface area contributed by atoms with Crippen LogP contribution in [0, 0.1) is 0 Å². The number of hydrogen-bond acceptors (Lipinski definition) is 4. The molecule has 1 aromatic heterocycles. The van der Waals surface area contributed by atoms with Crippen molar-refractivity contribution in [3.63, 3.8) is 0 Å². The van der Waals surface area contributed by atoms with Crippen LogP contribution in [-0.4, -0.2) is 29.6 Å². The SMILES string of the molecule is COc1ccc2ccnc(NC3CCCCC3SC)c2c1. The molecular formula is C17H22N2OS. The molecule has 1 aliphatic rings. The lowest BCUT2D eigenvalue weighted by Crippen LogP contribution is -2.34. The molecule has 1 fully saturated rings. The van der Waals surface area contributed by atoms with E-state index in [1.807, 2.05) is 30.1 Å². The zero-order chi connectivity index (χ0) is 14.7. The molecule has 0 bridgehead atoms. The van der Waals surface area contributed by atoms with E-state index in [0.29, 0.717) is 11.3 Å². The fraction of sp³-hybridized carbons (Fsp3) is 0.471. The number of nitrogens with zero attached hydrogens (tertiary/aromatic N) is 1. The standard InChI is InChI=1S/C17H22N2OS/c1-20-13-8-7-12-9-10-18-17(14(12)11-13)19-15-5-3-4-6-16(15)21-2/h7-11,15-16H,3-6H2,1-2H3,(H,18,19). The molecule has 0 saturated heterocycles. The number of anilines is 1. The lowest BCUT2D eigenvalue weighted by molar-refractivity contribution is 0.415. The van der Waals surface area contributed by atoms with Crippen LogP contribution in [0.5, 0.6) is 5.75 Å². The molecule has 112 valence electrons. The van der Waals surface area contributed by atoms with E-state index in [2.05, 4.69) is 28.7 Å². The van der Waals surface area contributed by atoms with Gasteiger partial charge in [-0.15, -0.1) is 0 Å². The third kappa shape index (κ3) is 3.10. The van der Waals surface area contributed by atoms with Crippen molar-refractivity contribution >= 4 is 28.4 Å². The third-order valence-electron chi connectivity index (χ3n) is 4.30. The van der Waals surface area contributed by atoms with Crippen LogP contribution in [0.15, 0.2) is 30.5 Å². The van der Waals surface area contributed by atoms with Crippen molar-refractivity contribution in [2.75, 3.05) is 18.7 Å². The number of thioether (sulfide) groups is 1. The van der Waals surface area contributed by atoms with Crippen LogP contribution in [0.2, 0.25) is 0 Å². The summed E-state index contributed by atoms with van der Waals surface area (Å²) < 4.78 is 5.35. The molecule has 4 heteroatoms. The van der Waals surface area contributed by atoms with Gasteiger partial charge in [0.05, 0.1) is 7.11 Å². The molecule has 1 heterocycles. The minimum atomic E-state index is 0.512. The molecule has 3 nitrogen and oxygen atoms in total. The zero-order valence-corrected chi connectivity index (χ0v) is 13.5. The molecule has 2 atom stereocenters. The average molecular weight is 302 g/mol. The number of nitrogens with one attached hydrogen (secondary N) is 1. The van der Waals surface area contributed by atoms with Gasteiger partial charge in [0.25, 0.3) is 0 Å². The number of rotatable bonds is 4. The van der Waals surface area contributed by atoms with Crippen molar-refractivity contribution in [2.24, 2.45) is 0 Å². The van der Waals surface area contributed by atoms with Crippen molar-refractivity contribution in [3.8, 4) is 5.75 Å². The van der Waals surface area contributed by atoms with Gasteiger partial charge in [-0.1, -0.05) is 18.9 Å². The number of methoxy groups -OCH3 is 1. The van der Waals surface area contributed by atoms with E-state index in [1.54, 1.807) is 7.11 Å². The molecule has 2 unspecified atom stereocenters. The van der Waals surface area contributed by atoms with Crippen LogP contribution in [0.1, 0.15) is 25.7 Å². The molecule has 0 aliphatic heterocycles. The molecule has 21 heavy (non-hydrogen) atoms. The Hall–Kier alpha value is -1.42. The molecule has 1 N–H and O–H groups in total. The monoisotopic (exact) mass is 302 g/mol. The number of benzene rings is 1. The summed E-state index contributed by atoms with van der Waals surface area (Å²) in [6, 6.07) is 8.72. The van der Waals surface area contributed by atoms with Crippen LogP contribution >= 0.6 is 11.8 Å². The Morgan fingerprint density at radius 3 is 2.90 bits per heavy atom. The lowest BCUT2D eigenvalue weighted by atomic mass is 9.94. The first-order chi connectivity index (χ1) is 10.3.